The van der Waals surface area contributed by atoms with E-state index in [-0.39, 0.29) is 28.4 Å². The van der Waals surface area contributed by atoms with E-state index in [1.165, 1.54) is 10.9 Å². The van der Waals surface area contributed by atoms with E-state index >= 15 is 0 Å². The van der Waals surface area contributed by atoms with E-state index in [4.69, 9.17) is 36.4 Å². The maximum Gasteiger partial charge on any atom is 0.373 e. The zero-order valence-electron chi connectivity index (χ0n) is 18.7. The largest absolute Gasteiger partial charge is 0.479 e. The molecule has 4 atom stereocenters. The average molecular weight is 538 g/mol. The molecule has 15 nitrogen and oxygen atoms in total. The number of hydrogen-bond donors (Lipinski definition) is 5. The monoisotopic (exact) mass is 537 g/mol. The lowest BCUT2D eigenvalue weighted by molar-refractivity contribution is -0.192. The fourth-order valence-corrected chi connectivity index (χ4v) is 3.89. The molecule has 4 rings (SSSR count). The first-order valence-electron chi connectivity index (χ1n) is 10.4. The van der Waals surface area contributed by atoms with Crippen LogP contribution in [0.5, 0.6) is 0 Å². The van der Waals surface area contributed by atoms with Crippen LogP contribution in [0.1, 0.15) is 11.8 Å². The van der Waals surface area contributed by atoms with Crippen LogP contribution in [0.3, 0.4) is 0 Å². The van der Waals surface area contributed by atoms with Crippen LogP contribution in [0.4, 0.5) is 5.82 Å². The number of imidazole rings is 1. The first-order chi connectivity index (χ1) is 17.5. The zero-order valence-corrected chi connectivity index (χ0v) is 19.4. The second-order valence-corrected chi connectivity index (χ2v) is 8.08. The molecule has 6 N–H and O–H groups in total. The number of nitrogen functional groups attached to an aromatic ring is 1. The number of carboxylic acid groups (broad SMARTS) is 2. The van der Waals surface area contributed by atoms with Gasteiger partial charge in [-0.15, -0.1) is 0 Å². The van der Waals surface area contributed by atoms with Crippen molar-refractivity contribution in [3.05, 3.63) is 47.5 Å². The quantitative estimate of drug-likeness (QED) is 0.176. The van der Waals surface area contributed by atoms with Crippen molar-refractivity contribution in [2.45, 2.75) is 36.6 Å². The van der Waals surface area contributed by atoms with Gasteiger partial charge in [0.1, 0.15) is 23.8 Å². The second kappa shape index (κ2) is 11.4. The highest BCUT2D eigenvalue weighted by Gasteiger charge is 2.51. The summed E-state index contributed by atoms with van der Waals surface area (Å²) in [6, 6.07) is 8.09. The molecule has 1 aliphatic rings. The third-order valence-electron chi connectivity index (χ3n) is 5.51. The van der Waals surface area contributed by atoms with Crippen LogP contribution < -0.4 is 5.73 Å². The third-order valence-corrected chi connectivity index (χ3v) is 5.68. The molecule has 1 aliphatic heterocycles. The maximum absolute atomic E-state index is 12.0. The van der Waals surface area contributed by atoms with Gasteiger partial charge in [0.15, 0.2) is 17.7 Å². The lowest BCUT2D eigenvalue weighted by Crippen LogP contribution is -2.52. The fraction of sp³-hybridized carbons (Fsp3) is 0.333. The molecule has 3 heterocycles. The Bertz CT molecular complexity index is 1300. The summed E-state index contributed by atoms with van der Waals surface area (Å²) in [4.78, 5) is 52.1. The van der Waals surface area contributed by atoms with Gasteiger partial charge in [0, 0.05) is 6.42 Å². The highest BCUT2D eigenvalue weighted by Crippen LogP contribution is 2.33. The molecule has 0 saturated carbocycles. The van der Waals surface area contributed by atoms with Crippen molar-refractivity contribution in [2.75, 3.05) is 12.3 Å². The number of rotatable bonds is 8. The van der Waals surface area contributed by atoms with Crippen molar-refractivity contribution in [1.82, 2.24) is 19.5 Å². The number of carboxylic acids is 2. The number of nitrogens with two attached hydrogens (primary N) is 1. The van der Waals surface area contributed by atoms with E-state index in [2.05, 4.69) is 15.0 Å². The standard InChI is InChI=1S/C20H20ClN5O8.CO2/c21-19-24-14(22)11-15(25-19)26(8-23-11)16-13(28)12(27)10(34-16)7-33-20(17(29)30,18(31)32)6-9-4-2-1-3-5-9;2-1-3/h1-5,8,10,12-13,16,27-28H,6-7H2,(H,29,30)(H,31,32)(H2,22,24,25);/t10-,12-,13-,16-;/m1./s1. The molecule has 1 aromatic carbocycles. The highest BCUT2D eigenvalue weighted by atomic mass is 35.5. The Morgan fingerprint density at radius 2 is 1.76 bits per heavy atom. The Balaban J connectivity index is 0.00000121. The zero-order chi connectivity index (χ0) is 27.3. The van der Waals surface area contributed by atoms with Crippen molar-refractivity contribution >= 4 is 46.7 Å². The van der Waals surface area contributed by atoms with Crippen LogP contribution in [-0.2, 0) is 35.1 Å². The van der Waals surface area contributed by atoms with Crippen LogP contribution in [0.2, 0.25) is 5.28 Å². The molecule has 0 radical (unpaired) electrons. The van der Waals surface area contributed by atoms with Gasteiger partial charge in [-0.1, -0.05) is 30.3 Å². The van der Waals surface area contributed by atoms with Gasteiger partial charge < -0.3 is 35.6 Å². The summed E-state index contributed by atoms with van der Waals surface area (Å²) in [5.74, 6) is -3.46. The number of halogens is 1. The minimum atomic E-state index is -2.65. The van der Waals surface area contributed by atoms with E-state index < -0.39 is 55.1 Å². The topological polar surface area (TPSA) is 237 Å². The summed E-state index contributed by atoms with van der Waals surface area (Å²) >= 11 is 5.85. The molecule has 1 fully saturated rings. The Morgan fingerprint density at radius 3 is 2.35 bits per heavy atom. The number of aliphatic hydroxyl groups excluding tert-OH is 2. The Morgan fingerprint density at radius 1 is 1.14 bits per heavy atom. The summed E-state index contributed by atoms with van der Waals surface area (Å²) < 4.78 is 12.3. The Hall–Kier alpha value is -3.98. The predicted octanol–water partition coefficient (Wildman–Crippen LogP) is -0.735. The van der Waals surface area contributed by atoms with Gasteiger partial charge in [0.2, 0.25) is 5.28 Å². The van der Waals surface area contributed by atoms with Gasteiger partial charge in [-0.05, 0) is 17.2 Å². The second-order valence-electron chi connectivity index (χ2n) is 7.74. The number of nitrogens with zero attached hydrogens (tertiary/aromatic N) is 4. The summed E-state index contributed by atoms with van der Waals surface area (Å²) in [6.45, 7) is -0.648. The number of aliphatic hydroxyl groups is 2. The van der Waals surface area contributed by atoms with E-state index in [0.29, 0.717) is 5.56 Å². The summed E-state index contributed by atoms with van der Waals surface area (Å²) in [5.41, 5.74) is 3.86. The van der Waals surface area contributed by atoms with Crippen molar-refractivity contribution in [3.8, 4) is 0 Å². The number of carbonyl (C=O) groups is 2. The van der Waals surface area contributed by atoms with Gasteiger partial charge in [-0.3, -0.25) is 4.57 Å². The van der Waals surface area contributed by atoms with E-state index in [9.17, 15) is 30.0 Å². The average Bonchev–Trinajstić information content (AvgIpc) is 3.38. The molecule has 2 aromatic heterocycles. The highest BCUT2D eigenvalue weighted by molar-refractivity contribution is 6.28. The van der Waals surface area contributed by atoms with Crippen LogP contribution in [0.25, 0.3) is 11.2 Å². The predicted molar refractivity (Wildman–Crippen MR) is 120 cm³/mol. The molecule has 0 spiro atoms. The third kappa shape index (κ3) is 5.56. The lowest BCUT2D eigenvalue weighted by atomic mass is 9.94. The van der Waals surface area contributed by atoms with Crippen LogP contribution in [0, 0.1) is 0 Å². The van der Waals surface area contributed by atoms with E-state index in [1.807, 2.05) is 0 Å². The number of ether oxygens (including phenoxy) is 2. The van der Waals surface area contributed by atoms with Crippen molar-refractivity contribution in [3.63, 3.8) is 0 Å². The molecule has 0 amide bonds. The van der Waals surface area contributed by atoms with Gasteiger partial charge in [-0.2, -0.15) is 19.6 Å². The molecule has 16 heteroatoms. The number of benzene rings is 1. The molecule has 3 aromatic rings. The molecule has 37 heavy (non-hydrogen) atoms. The SMILES string of the molecule is Nc1nc(Cl)nc2c1ncn2[C@@H]1O[C@H](COC(Cc2ccccc2)(C(=O)O)C(=O)O)[C@@H](O)[C@H]1O.O=C=O. The molecular weight excluding hydrogens is 518 g/mol. The minimum absolute atomic E-state index is 0.00437. The van der Waals surface area contributed by atoms with Gasteiger partial charge in [0.25, 0.3) is 5.60 Å². The number of carbonyl (C=O) groups excluding carboxylic acids is 2. The molecule has 196 valence electrons. The summed E-state index contributed by atoms with van der Waals surface area (Å²) in [6.07, 6.45) is -4.54. The molecular formula is C21H20ClN5O10. The van der Waals surface area contributed by atoms with Gasteiger partial charge >= 0.3 is 18.1 Å². The number of anilines is 1. The maximum atomic E-state index is 12.0. The van der Waals surface area contributed by atoms with Crippen molar-refractivity contribution < 1.29 is 49.1 Å². The summed E-state index contributed by atoms with van der Waals surface area (Å²) in [5, 5.41) is 40.3. The van der Waals surface area contributed by atoms with E-state index in [0.717, 1.165) is 0 Å². The molecule has 0 unspecified atom stereocenters. The normalized spacial score (nSPS) is 21.2. The Kier molecular flexibility index (Phi) is 8.49. The van der Waals surface area contributed by atoms with Crippen LogP contribution in [-0.4, -0.2) is 88.6 Å². The summed E-state index contributed by atoms with van der Waals surface area (Å²) in [7, 11) is 0. The molecule has 0 bridgehead atoms. The van der Waals surface area contributed by atoms with Crippen LogP contribution in [0.15, 0.2) is 36.7 Å². The number of aromatic nitrogens is 4. The Labute approximate surface area is 212 Å². The first-order valence-corrected chi connectivity index (χ1v) is 10.7. The van der Waals surface area contributed by atoms with Gasteiger partial charge in [-0.25, -0.2) is 14.6 Å². The smallest absolute Gasteiger partial charge is 0.373 e. The lowest BCUT2D eigenvalue weighted by Gasteiger charge is -2.27. The number of fused-ring (bicyclic) bond motifs is 1. The van der Waals surface area contributed by atoms with Crippen LogP contribution >= 0.6 is 11.6 Å². The van der Waals surface area contributed by atoms with E-state index in [1.54, 1.807) is 30.3 Å². The minimum Gasteiger partial charge on any atom is -0.479 e. The van der Waals surface area contributed by atoms with Gasteiger partial charge in [0.05, 0.1) is 12.9 Å². The number of hydrogen-bond acceptors (Lipinski definition) is 12. The van der Waals surface area contributed by atoms with Crippen molar-refractivity contribution in [1.29, 1.82) is 0 Å². The molecule has 0 aliphatic carbocycles. The number of aliphatic carboxylic acids is 2. The molecule has 1 saturated heterocycles. The van der Waals surface area contributed by atoms with Crippen molar-refractivity contribution in [2.24, 2.45) is 0 Å². The fourth-order valence-electron chi connectivity index (χ4n) is 3.72. The first kappa shape index (κ1) is 27.6.